The molecule has 0 aromatic heterocycles. The van der Waals surface area contributed by atoms with Crippen molar-refractivity contribution in [2.75, 3.05) is 13.7 Å². The number of fused-ring (bicyclic) bond motifs is 1. The van der Waals surface area contributed by atoms with Gasteiger partial charge in [-0.1, -0.05) is 0 Å². The Morgan fingerprint density at radius 3 is 3.00 bits per heavy atom. The van der Waals surface area contributed by atoms with E-state index in [9.17, 15) is 5.11 Å². The third-order valence-corrected chi connectivity index (χ3v) is 2.61. The summed E-state index contributed by atoms with van der Waals surface area (Å²) in [6.45, 7) is 2.67. The maximum Gasteiger partial charge on any atom is 0.127 e. The summed E-state index contributed by atoms with van der Waals surface area (Å²) in [5.74, 6) is 1.68. The molecular formula is C11H14O3. The largest absolute Gasteiger partial charge is 0.496 e. The predicted octanol–water partition coefficient (Wildman–Crippen LogP) is 1.43. The number of aliphatic hydroxyl groups excluding tert-OH is 1. The molecule has 0 spiro atoms. The Morgan fingerprint density at radius 1 is 1.57 bits per heavy atom. The summed E-state index contributed by atoms with van der Waals surface area (Å²) in [6.07, 6.45) is 0.863. The van der Waals surface area contributed by atoms with Crippen LogP contribution in [-0.4, -0.2) is 18.8 Å². The van der Waals surface area contributed by atoms with Crippen LogP contribution in [0.2, 0.25) is 0 Å². The van der Waals surface area contributed by atoms with Crippen molar-refractivity contribution in [3.63, 3.8) is 0 Å². The zero-order valence-corrected chi connectivity index (χ0v) is 8.46. The van der Waals surface area contributed by atoms with Gasteiger partial charge in [-0.2, -0.15) is 0 Å². The van der Waals surface area contributed by atoms with Crippen LogP contribution in [0.5, 0.6) is 11.5 Å². The molecule has 0 aliphatic carbocycles. The Balaban J connectivity index is 2.62. The lowest BCUT2D eigenvalue weighted by atomic mass is 10.0. The van der Waals surface area contributed by atoms with E-state index in [0.717, 1.165) is 34.6 Å². The molecule has 1 aromatic rings. The lowest BCUT2D eigenvalue weighted by Crippen LogP contribution is -1.98. The van der Waals surface area contributed by atoms with E-state index in [1.54, 1.807) is 7.11 Å². The van der Waals surface area contributed by atoms with Crippen molar-refractivity contribution in [3.05, 3.63) is 22.8 Å². The van der Waals surface area contributed by atoms with Crippen molar-refractivity contribution in [2.45, 2.75) is 20.0 Å². The molecule has 3 nitrogen and oxygen atoms in total. The number of hydrogen-bond donors (Lipinski definition) is 1. The lowest BCUT2D eigenvalue weighted by Gasteiger charge is -2.13. The van der Waals surface area contributed by atoms with Crippen molar-refractivity contribution in [3.8, 4) is 11.5 Å². The van der Waals surface area contributed by atoms with Crippen LogP contribution in [0.4, 0.5) is 0 Å². The fourth-order valence-electron chi connectivity index (χ4n) is 1.99. The summed E-state index contributed by atoms with van der Waals surface area (Å²) in [5, 5.41) is 9.30. The van der Waals surface area contributed by atoms with Crippen LogP contribution in [0.15, 0.2) is 6.07 Å². The average molecular weight is 194 g/mol. The van der Waals surface area contributed by atoms with Gasteiger partial charge in [0, 0.05) is 17.5 Å². The topological polar surface area (TPSA) is 38.7 Å². The quantitative estimate of drug-likeness (QED) is 0.774. The molecule has 0 fully saturated rings. The third-order valence-electron chi connectivity index (χ3n) is 2.61. The van der Waals surface area contributed by atoms with Gasteiger partial charge in [0.25, 0.3) is 0 Å². The first-order valence-corrected chi connectivity index (χ1v) is 4.71. The molecular weight excluding hydrogens is 180 g/mol. The fourth-order valence-corrected chi connectivity index (χ4v) is 1.99. The first kappa shape index (κ1) is 9.34. The smallest absolute Gasteiger partial charge is 0.127 e. The van der Waals surface area contributed by atoms with Crippen molar-refractivity contribution in [2.24, 2.45) is 0 Å². The zero-order valence-electron chi connectivity index (χ0n) is 8.46. The van der Waals surface area contributed by atoms with Gasteiger partial charge in [-0.25, -0.2) is 0 Å². The number of hydrogen-bond acceptors (Lipinski definition) is 3. The van der Waals surface area contributed by atoms with Crippen LogP contribution in [0, 0.1) is 6.92 Å². The van der Waals surface area contributed by atoms with Gasteiger partial charge in [-0.3, -0.25) is 0 Å². The maximum atomic E-state index is 9.30. The zero-order chi connectivity index (χ0) is 10.1. The highest BCUT2D eigenvalue weighted by Crippen LogP contribution is 2.37. The van der Waals surface area contributed by atoms with Crippen LogP contribution in [0.25, 0.3) is 0 Å². The van der Waals surface area contributed by atoms with Gasteiger partial charge in [0.05, 0.1) is 20.3 Å². The van der Waals surface area contributed by atoms with Gasteiger partial charge < -0.3 is 14.6 Å². The second kappa shape index (κ2) is 3.50. The van der Waals surface area contributed by atoms with Gasteiger partial charge in [0.15, 0.2) is 0 Å². The van der Waals surface area contributed by atoms with E-state index >= 15 is 0 Å². The first-order valence-electron chi connectivity index (χ1n) is 4.71. The summed E-state index contributed by atoms with van der Waals surface area (Å²) in [5.41, 5.74) is 2.98. The van der Waals surface area contributed by atoms with E-state index in [4.69, 9.17) is 9.47 Å². The van der Waals surface area contributed by atoms with Crippen LogP contribution in [0.3, 0.4) is 0 Å². The molecule has 1 N–H and O–H groups in total. The molecule has 1 aliphatic rings. The van der Waals surface area contributed by atoms with Crippen molar-refractivity contribution in [1.82, 2.24) is 0 Å². The van der Waals surface area contributed by atoms with Crippen LogP contribution in [0.1, 0.15) is 16.7 Å². The van der Waals surface area contributed by atoms with E-state index in [-0.39, 0.29) is 6.61 Å². The molecule has 0 radical (unpaired) electrons. The first-order chi connectivity index (χ1) is 6.77. The Labute approximate surface area is 83.3 Å². The van der Waals surface area contributed by atoms with Crippen LogP contribution < -0.4 is 9.47 Å². The SMILES string of the molecule is COc1c(C)cc2c(c1CO)CCO2. The van der Waals surface area contributed by atoms with Crippen molar-refractivity contribution >= 4 is 0 Å². The minimum atomic E-state index is 0.0105. The summed E-state index contributed by atoms with van der Waals surface area (Å²) < 4.78 is 10.7. The minimum Gasteiger partial charge on any atom is -0.496 e. The van der Waals surface area contributed by atoms with E-state index in [1.165, 1.54) is 0 Å². The number of benzene rings is 1. The second-order valence-electron chi connectivity index (χ2n) is 3.44. The monoisotopic (exact) mass is 194 g/mol. The van der Waals surface area contributed by atoms with E-state index in [2.05, 4.69) is 0 Å². The molecule has 76 valence electrons. The number of aryl methyl sites for hydroxylation is 1. The second-order valence-corrected chi connectivity index (χ2v) is 3.44. The molecule has 0 saturated carbocycles. The highest BCUT2D eigenvalue weighted by Gasteiger charge is 2.21. The molecule has 1 aromatic carbocycles. The number of ether oxygens (including phenoxy) is 2. The fraction of sp³-hybridized carbons (Fsp3) is 0.455. The third kappa shape index (κ3) is 1.24. The van der Waals surface area contributed by atoms with Gasteiger partial charge >= 0.3 is 0 Å². The Hall–Kier alpha value is -1.22. The Kier molecular flexibility index (Phi) is 2.33. The molecule has 2 rings (SSSR count). The lowest BCUT2D eigenvalue weighted by molar-refractivity contribution is 0.272. The number of aliphatic hydroxyl groups is 1. The normalized spacial score (nSPS) is 13.6. The summed E-state index contributed by atoms with van der Waals surface area (Å²) in [7, 11) is 1.63. The van der Waals surface area contributed by atoms with Crippen LogP contribution in [-0.2, 0) is 13.0 Å². The van der Waals surface area contributed by atoms with Crippen LogP contribution >= 0.6 is 0 Å². The highest BCUT2D eigenvalue weighted by atomic mass is 16.5. The van der Waals surface area contributed by atoms with Gasteiger partial charge in [-0.15, -0.1) is 0 Å². The van der Waals surface area contributed by atoms with Gasteiger partial charge in [0.1, 0.15) is 11.5 Å². The molecule has 3 heteroatoms. The maximum absolute atomic E-state index is 9.30. The van der Waals surface area contributed by atoms with Gasteiger partial charge in [-0.05, 0) is 18.6 Å². The molecule has 1 heterocycles. The summed E-state index contributed by atoms with van der Waals surface area (Å²) in [4.78, 5) is 0. The number of rotatable bonds is 2. The van der Waals surface area contributed by atoms with E-state index in [1.807, 2.05) is 13.0 Å². The average Bonchev–Trinajstić information content (AvgIpc) is 2.62. The molecule has 0 atom stereocenters. The number of methoxy groups -OCH3 is 1. The van der Waals surface area contributed by atoms with Crippen molar-refractivity contribution in [1.29, 1.82) is 0 Å². The van der Waals surface area contributed by atoms with E-state index in [0.29, 0.717) is 6.61 Å². The standard InChI is InChI=1S/C11H14O3/c1-7-5-10-8(3-4-14-10)9(6-12)11(7)13-2/h5,12H,3-4,6H2,1-2H3. The highest BCUT2D eigenvalue weighted by molar-refractivity contribution is 5.54. The predicted molar refractivity (Wildman–Crippen MR) is 52.9 cm³/mol. The summed E-state index contributed by atoms with van der Waals surface area (Å²) in [6, 6.07) is 1.97. The van der Waals surface area contributed by atoms with Crippen molar-refractivity contribution < 1.29 is 14.6 Å². The molecule has 0 amide bonds. The Morgan fingerprint density at radius 2 is 2.36 bits per heavy atom. The van der Waals surface area contributed by atoms with Gasteiger partial charge in [0.2, 0.25) is 0 Å². The minimum absolute atomic E-state index is 0.0105. The Bertz CT molecular complexity index is 354. The molecule has 0 saturated heterocycles. The summed E-state index contributed by atoms with van der Waals surface area (Å²) >= 11 is 0. The molecule has 0 bridgehead atoms. The molecule has 1 aliphatic heterocycles. The van der Waals surface area contributed by atoms with E-state index < -0.39 is 0 Å². The molecule has 14 heavy (non-hydrogen) atoms. The molecule has 0 unspecified atom stereocenters.